The van der Waals surface area contributed by atoms with Gasteiger partial charge in [-0.2, -0.15) is 0 Å². The zero-order valence-electron chi connectivity index (χ0n) is 10.8. The summed E-state index contributed by atoms with van der Waals surface area (Å²) < 4.78 is 13.7. The van der Waals surface area contributed by atoms with Crippen LogP contribution in [0.4, 0.5) is 10.1 Å². The lowest BCUT2D eigenvalue weighted by atomic mass is 10.1. The quantitative estimate of drug-likeness (QED) is 0.865. The number of rotatable bonds is 4. The lowest BCUT2D eigenvalue weighted by molar-refractivity contribution is 0.621. The summed E-state index contributed by atoms with van der Waals surface area (Å²) in [7, 11) is 0. The van der Waals surface area contributed by atoms with Crippen LogP contribution in [0.25, 0.3) is 0 Å². The van der Waals surface area contributed by atoms with E-state index in [0.29, 0.717) is 11.0 Å². The first-order chi connectivity index (χ1) is 9.01. The summed E-state index contributed by atoms with van der Waals surface area (Å²) in [6.45, 7) is 4.67. The number of anilines is 1. The standard InChI is InChI=1S/C14H16BrFN2S/c1-8-5-11(9(2)19-8)14(7-17)18-10-3-4-13(16)12(15)6-10/h3-6,14,18H,7,17H2,1-2H3. The van der Waals surface area contributed by atoms with E-state index in [-0.39, 0.29) is 11.9 Å². The second-order valence-electron chi connectivity index (χ2n) is 4.43. The molecule has 0 bridgehead atoms. The highest BCUT2D eigenvalue weighted by Crippen LogP contribution is 2.29. The highest BCUT2D eigenvalue weighted by atomic mass is 79.9. The molecule has 0 aliphatic carbocycles. The molecule has 0 spiro atoms. The van der Waals surface area contributed by atoms with Crippen molar-refractivity contribution < 1.29 is 4.39 Å². The van der Waals surface area contributed by atoms with Crippen molar-refractivity contribution in [2.45, 2.75) is 19.9 Å². The average Bonchev–Trinajstić information content (AvgIpc) is 2.70. The zero-order chi connectivity index (χ0) is 14.0. The Kier molecular flexibility index (Phi) is 4.60. The molecular weight excluding hydrogens is 327 g/mol. The Morgan fingerprint density at radius 3 is 2.63 bits per heavy atom. The molecular formula is C14H16BrFN2S. The molecule has 0 fully saturated rings. The Morgan fingerprint density at radius 1 is 1.37 bits per heavy atom. The molecule has 0 amide bonds. The van der Waals surface area contributed by atoms with Crippen LogP contribution in [0.3, 0.4) is 0 Å². The van der Waals surface area contributed by atoms with Crippen LogP contribution >= 0.6 is 27.3 Å². The van der Waals surface area contributed by atoms with E-state index >= 15 is 0 Å². The van der Waals surface area contributed by atoms with Gasteiger partial charge in [0.1, 0.15) is 5.82 Å². The number of hydrogen-bond donors (Lipinski definition) is 2. The lowest BCUT2D eigenvalue weighted by Crippen LogP contribution is -2.20. The maximum Gasteiger partial charge on any atom is 0.137 e. The smallest absolute Gasteiger partial charge is 0.137 e. The number of halogens is 2. The van der Waals surface area contributed by atoms with Crippen LogP contribution < -0.4 is 11.1 Å². The van der Waals surface area contributed by atoms with E-state index < -0.39 is 0 Å². The van der Waals surface area contributed by atoms with E-state index in [0.717, 1.165) is 5.69 Å². The van der Waals surface area contributed by atoms with Crippen molar-refractivity contribution in [3.8, 4) is 0 Å². The first-order valence-corrected chi connectivity index (χ1v) is 7.60. The van der Waals surface area contributed by atoms with E-state index in [1.165, 1.54) is 21.4 Å². The second kappa shape index (κ2) is 6.03. The summed E-state index contributed by atoms with van der Waals surface area (Å²) in [6.07, 6.45) is 0. The average molecular weight is 343 g/mol. The van der Waals surface area contributed by atoms with Crippen molar-refractivity contribution in [2.75, 3.05) is 11.9 Å². The first-order valence-electron chi connectivity index (χ1n) is 6.00. The number of hydrogen-bond acceptors (Lipinski definition) is 3. The van der Waals surface area contributed by atoms with Gasteiger partial charge in [-0.25, -0.2) is 4.39 Å². The fraction of sp³-hybridized carbons (Fsp3) is 0.286. The molecule has 2 aromatic rings. The number of benzene rings is 1. The maximum atomic E-state index is 13.2. The van der Waals surface area contributed by atoms with Gasteiger partial charge < -0.3 is 11.1 Å². The highest BCUT2D eigenvalue weighted by Gasteiger charge is 2.14. The fourth-order valence-corrected chi connectivity index (χ4v) is 3.41. The third-order valence-corrected chi connectivity index (χ3v) is 4.54. The highest BCUT2D eigenvalue weighted by molar-refractivity contribution is 9.10. The summed E-state index contributed by atoms with van der Waals surface area (Å²) >= 11 is 4.95. The van der Waals surface area contributed by atoms with Crippen LogP contribution in [0.15, 0.2) is 28.7 Å². The molecule has 1 heterocycles. The minimum Gasteiger partial charge on any atom is -0.377 e. The Balaban J connectivity index is 2.23. The number of thiophene rings is 1. The Morgan fingerprint density at radius 2 is 2.11 bits per heavy atom. The molecule has 1 unspecified atom stereocenters. The van der Waals surface area contributed by atoms with Crippen molar-refractivity contribution in [3.05, 3.63) is 49.9 Å². The van der Waals surface area contributed by atoms with Gasteiger partial charge in [-0.15, -0.1) is 11.3 Å². The van der Waals surface area contributed by atoms with Crippen LogP contribution in [0.5, 0.6) is 0 Å². The molecule has 3 N–H and O–H groups in total. The molecule has 0 saturated carbocycles. The summed E-state index contributed by atoms with van der Waals surface area (Å²) in [5.74, 6) is -0.266. The maximum absolute atomic E-state index is 13.2. The van der Waals surface area contributed by atoms with Gasteiger partial charge in [-0.1, -0.05) is 0 Å². The number of aryl methyl sites for hydroxylation is 2. The van der Waals surface area contributed by atoms with Gasteiger partial charge >= 0.3 is 0 Å². The van der Waals surface area contributed by atoms with E-state index in [4.69, 9.17) is 5.73 Å². The van der Waals surface area contributed by atoms with Gasteiger partial charge in [0.15, 0.2) is 0 Å². The van der Waals surface area contributed by atoms with E-state index in [2.05, 4.69) is 41.2 Å². The van der Waals surface area contributed by atoms with Crippen LogP contribution in [-0.4, -0.2) is 6.54 Å². The largest absolute Gasteiger partial charge is 0.377 e. The van der Waals surface area contributed by atoms with Crippen LogP contribution in [0, 0.1) is 19.7 Å². The SMILES string of the molecule is Cc1cc(C(CN)Nc2ccc(F)c(Br)c2)c(C)s1. The van der Waals surface area contributed by atoms with E-state index in [1.807, 2.05) is 0 Å². The predicted molar refractivity (Wildman–Crippen MR) is 83.3 cm³/mol. The van der Waals surface area contributed by atoms with Gasteiger partial charge in [0.25, 0.3) is 0 Å². The van der Waals surface area contributed by atoms with Crippen LogP contribution in [0.2, 0.25) is 0 Å². The van der Waals surface area contributed by atoms with E-state index in [9.17, 15) is 4.39 Å². The molecule has 0 saturated heterocycles. The van der Waals surface area contributed by atoms with Gasteiger partial charge in [-0.3, -0.25) is 0 Å². The Bertz CT molecular complexity index is 583. The van der Waals surface area contributed by atoms with Crippen LogP contribution in [-0.2, 0) is 0 Å². The van der Waals surface area contributed by atoms with Gasteiger partial charge in [-0.05, 0) is 59.6 Å². The normalized spacial score (nSPS) is 12.5. The Hall–Kier alpha value is -0.910. The third-order valence-electron chi connectivity index (χ3n) is 2.95. The summed E-state index contributed by atoms with van der Waals surface area (Å²) in [5, 5.41) is 3.35. The third kappa shape index (κ3) is 3.35. The number of nitrogens with two attached hydrogens (primary N) is 1. The Labute approximate surface area is 125 Å². The van der Waals surface area contributed by atoms with Gasteiger partial charge in [0.2, 0.25) is 0 Å². The molecule has 5 heteroatoms. The van der Waals surface area contributed by atoms with Crippen molar-refractivity contribution in [1.82, 2.24) is 0 Å². The van der Waals surface area contributed by atoms with Crippen molar-refractivity contribution in [2.24, 2.45) is 5.73 Å². The first kappa shape index (κ1) is 14.5. The molecule has 2 rings (SSSR count). The molecule has 0 aliphatic rings. The number of nitrogens with one attached hydrogen (secondary N) is 1. The van der Waals surface area contributed by atoms with Crippen molar-refractivity contribution in [1.29, 1.82) is 0 Å². The topological polar surface area (TPSA) is 38.0 Å². The fourth-order valence-electron chi connectivity index (χ4n) is 2.05. The zero-order valence-corrected chi connectivity index (χ0v) is 13.2. The van der Waals surface area contributed by atoms with Crippen molar-refractivity contribution in [3.63, 3.8) is 0 Å². The summed E-state index contributed by atoms with van der Waals surface area (Å²) in [5.41, 5.74) is 7.92. The minimum atomic E-state index is -0.266. The molecule has 1 aromatic heterocycles. The van der Waals surface area contributed by atoms with Gasteiger partial charge in [0.05, 0.1) is 10.5 Å². The van der Waals surface area contributed by atoms with E-state index in [1.54, 1.807) is 23.5 Å². The molecule has 0 aliphatic heterocycles. The molecule has 0 radical (unpaired) electrons. The lowest BCUT2D eigenvalue weighted by Gasteiger charge is -2.18. The van der Waals surface area contributed by atoms with Crippen LogP contribution in [0.1, 0.15) is 21.4 Å². The molecule has 1 aromatic carbocycles. The second-order valence-corrected chi connectivity index (χ2v) is 6.74. The monoisotopic (exact) mass is 342 g/mol. The molecule has 102 valence electrons. The molecule has 2 nitrogen and oxygen atoms in total. The molecule has 19 heavy (non-hydrogen) atoms. The van der Waals surface area contributed by atoms with Gasteiger partial charge in [0, 0.05) is 22.0 Å². The predicted octanol–water partition coefficient (Wildman–Crippen LogP) is 4.38. The minimum absolute atomic E-state index is 0.0438. The van der Waals surface area contributed by atoms with Crippen molar-refractivity contribution >= 4 is 33.0 Å². The summed E-state index contributed by atoms with van der Waals surface area (Å²) in [6, 6.07) is 7.08. The summed E-state index contributed by atoms with van der Waals surface area (Å²) in [4.78, 5) is 2.54. The molecule has 1 atom stereocenters.